The van der Waals surface area contributed by atoms with Crippen LogP contribution >= 0.6 is 0 Å². The SMILES string of the molecule is CS(=O)(=O)c1ccc(-c2ccc(C3CC(C(O)(C(F)(F)F)C(F)(F)F)=NN3c3ccc(F)cc3F)cc2)c(C(F)(F)F)c1. The third-order valence-electron chi connectivity index (χ3n) is 6.64. The average molecular weight is 646 g/mol. The maximum absolute atomic E-state index is 14.6. The molecule has 17 heteroatoms. The largest absolute Gasteiger partial charge is 0.431 e. The second-order valence-corrected chi connectivity index (χ2v) is 11.5. The number of aliphatic hydroxyl groups is 1. The fraction of sp³-hybridized carbons (Fsp3) is 0.269. The van der Waals surface area contributed by atoms with Crippen molar-refractivity contribution in [1.29, 1.82) is 0 Å². The number of anilines is 1. The van der Waals surface area contributed by atoms with Gasteiger partial charge in [-0.1, -0.05) is 30.3 Å². The molecule has 0 amide bonds. The zero-order valence-electron chi connectivity index (χ0n) is 21.3. The summed E-state index contributed by atoms with van der Waals surface area (Å²) in [5.74, 6) is -2.55. The summed E-state index contributed by atoms with van der Waals surface area (Å²) in [6.07, 6.45) is -18.2. The van der Waals surface area contributed by atoms with E-state index in [2.05, 4.69) is 5.10 Å². The third-order valence-corrected chi connectivity index (χ3v) is 7.75. The van der Waals surface area contributed by atoms with Crippen LogP contribution in [0.3, 0.4) is 0 Å². The van der Waals surface area contributed by atoms with Gasteiger partial charge in [0.25, 0.3) is 5.60 Å². The molecule has 5 nitrogen and oxygen atoms in total. The van der Waals surface area contributed by atoms with Crippen LogP contribution in [0.5, 0.6) is 0 Å². The second-order valence-electron chi connectivity index (χ2n) is 9.51. The van der Waals surface area contributed by atoms with Crippen molar-refractivity contribution in [3.63, 3.8) is 0 Å². The fourth-order valence-corrected chi connectivity index (χ4v) is 5.14. The summed E-state index contributed by atoms with van der Waals surface area (Å²) in [4.78, 5) is -0.630. The molecule has 0 saturated heterocycles. The van der Waals surface area contributed by atoms with Gasteiger partial charge < -0.3 is 5.11 Å². The van der Waals surface area contributed by atoms with Crippen molar-refractivity contribution in [2.24, 2.45) is 5.10 Å². The first kappa shape index (κ1) is 32.2. The van der Waals surface area contributed by atoms with Crippen molar-refractivity contribution in [1.82, 2.24) is 0 Å². The molecule has 0 bridgehead atoms. The Balaban J connectivity index is 1.83. The number of benzene rings is 3. The summed E-state index contributed by atoms with van der Waals surface area (Å²) in [5, 5.41) is 13.5. The van der Waals surface area contributed by atoms with Crippen LogP contribution in [0.1, 0.15) is 23.6 Å². The maximum atomic E-state index is 14.6. The summed E-state index contributed by atoms with van der Waals surface area (Å²) in [5.41, 5.74) is -10.2. The molecule has 0 aliphatic carbocycles. The lowest BCUT2D eigenvalue weighted by Crippen LogP contribution is -2.62. The molecule has 0 aromatic heterocycles. The van der Waals surface area contributed by atoms with Gasteiger partial charge in [0, 0.05) is 18.7 Å². The zero-order chi connectivity index (χ0) is 32.3. The van der Waals surface area contributed by atoms with E-state index in [4.69, 9.17) is 0 Å². The third kappa shape index (κ3) is 5.91. The molecule has 1 atom stereocenters. The van der Waals surface area contributed by atoms with E-state index in [1.165, 1.54) is 0 Å². The minimum Gasteiger partial charge on any atom is -0.369 e. The second kappa shape index (κ2) is 10.5. The number of sulfone groups is 1. The predicted molar refractivity (Wildman–Crippen MR) is 131 cm³/mol. The van der Waals surface area contributed by atoms with Crippen molar-refractivity contribution in [2.75, 3.05) is 11.3 Å². The van der Waals surface area contributed by atoms with E-state index in [1.807, 2.05) is 0 Å². The Bertz CT molecular complexity index is 1670. The van der Waals surface area contributed by atoms with Gasteiger partial charge in [0.15, 0.2) is 15.7 Å². The molecule has 3 aromatic rings. The maximum Gasteiger partial charge on any atom is 0.431 e. The van der Waals surface area contributed by atoms with Crippen LogP contribution in [0.2, 0.25) is 0 Å². The molecule has 4 rings (SSSR count). The Morgan fingerprint density at radius 2 is 1.42 bits per heavy atom. The highest BCUT2D eigenvalue weighted by Gasteiger charge is 2.74. The quantitative estimate of drug-likeness (QED) is 0.298. The highest BCUT2D eigenvalue weighted by Crippen LogP contribution is 2.49. The molecule has 0 spiro atoms. The molecule has 1 aliphatic rings. The summed E-state index contributed by atoms with van der Waals surface area (Å²) < 4.78 is 175. The van der Waals surface area contributed by atoms with Gasteiger partial charge in [-0.3, -0.25) is 5.01 Å². The molecular formula is C26H17F11N2O3S. The van der Waals surface area contributed by atoms with Crippen molar-refractivity contribution in [2.45, 2.75) is 41.5 Å². The molecule has 1 aliphatic heterocycles. The minimum absolute atomic E-state index is 0.167. The highest BCUT2D eigenvalue weighted by molar-refractivity contribution is 7.90. The first-order valence-electron chi connectivity index (χ1n) is 11.8. The van der Waals surface area contributed by atoms with E-state index in [9.17, 15) is 61.8 Å². The van der Waals surface area contributed by atoms with E-state index in [1.54, 1.807) is 0 Å². The monoisotopic (exact) mass is 646 g/mol. The fourth-order valence-electron chi connectivity index (χ4n) is 4.49. The van der Waals surface area contributed by atoms with E-state index in [0.717, 1.165) is 36.4 Å². The normalized spacial score (nSPS) is 16.9. The molecule has 43 heavy (non-hydrogen) atoms. The Hall–Kier alpha value is -3.73. The first-order chi connectivity index (χ1) is 19.6. The van der Waals surface area contributed by atoms with Crippen LogP contribution in [0, 0.1) is 11.6 Å². The molecule has 1 heterocycles. The van der Waals surface area contributed by atoms with Crippen LogP contribution in [0.15, 0.2) is 70.7 Å². The van der Waals surface area contributed by atoms with Gasteiger partial charge in [-0.05, 0) is 41.0 Å². The van der Waals surface area contributed by atoms with E-state index >= 15 is 0 Å². The standard InChI is InChI=1S/C26H17F11N2O3S/c1-43(41,42)16-7-8-17(18(11-16)24(29,30)31)13-2-4-14(5-3-13)21-12-22(23(40,25(32,33)34)26(35,36)37)38-39(21)20-9-6-15(27)10-19(20)28/h2-11,21,40H,12H2,1H3. The lowest BCUT2D eigenvalue weighted by Gasteiger charge is -2.32. The summed E-state index contributed by atoms with van der Waals surface area (Å²) in [6.45, 7) is 0. The van der Waals surface area contributed by atoms with Crippen molar-refractivity contribution in [3.05, 3.63) is 83.4 Å². The number of rotatable bonds is 5. The lowest BCUT2D eigenvalue weighted by molar-refractivity contribution is -0.338. The topological polar surface area (TPSA) is 70.0 Å². The molecule has 0 radical (unpaired) electrons. The van der Waals surface area contributed by atoms with E-state index < -0.39 is 85.5 Å². The number of alkyl halides is 9. The van der Waals surface area contributed by atoms with Crippen LogP contribution in [-0.2, 0) is 16.0 Å². The number of halogens is 11. The molecule has 0 saturated carbocycles. The van der Waals surface area contributed by atoms with Gasteiger partial charge in [-0.2, -0.15) is 44.6 Å². The van der Waals surface area contributed by atoms with Gasteiger partial charge in [0.2, 0.25) is 0 Å². The first-order valence-corrected chi connectivity index (χ1v) is 13.6. The predicted octanol–water partition coefficient (Wildman–Crippen LogP) is 7.22. The molecule has 232 valence electrons. The van der Waals surface area contributed by atoms with Crippen LogP contribution in [0.25, 0.3) is 11.1 Å². The van der Waals surface area contributed by atoms with Gasteiger partial charge in [-0.15, -0.1) is 0 Å². The zero-order valence-corrected chi connectivity index (χ0v) is 22.1. The minimum atomic E-state index is -6.32. The van der Waals surface area contributed by atoms with Crippen LogP contribution in [-0.4, -0.2) is 43.4 Å². The molecule has 1 N–H and O–H groups in total. The number of hydrazone groups is 1. The van der Waals surface area contributed by atoms with Crippen molar-refractivity contribution in [3.8, 4) is 11.1 Å². The van der Waals surface area contributed by atoms with Crippen molar-refractivity contribution < 1.29 is 61.8 Å². The Morgan fingerprint density at radius 1 is 0.837 bits per heavy atom. The summed E-state index contributed by atoms with van der Waals surface area (Å²) >= 11 is 0. The highest BCUT2D eigenvalue weighted by atomic mass is 32.2. The Morgan fingerprint density at radius 3 is 1.91 bits per heavy atom. The Kier molecular flexibility index (Phi) is 7.83. The van der Waals surface area contributed by atoms with Crippen LogP contribution in [0.4, 0.5) is 54.0 Å². The van der Waals surface area contributed by atoms with Crippen LogP contribution < -0.4 is 5.01 Å². The van der Waals surface area contributed by atoms with Gasteiger partial charge in [-0.25, -0.2) is 17.2 Å². The summed E-state index contributed by atoms with van der Waals surface area (Å²) in [6, 6.07) is 6.27. The molecular weight excluding hydrogens is 629 g/mol. The number of hydrogen-bond acceptors (Lipinski definition) is 5. The van der Waals surface area contributed by atoms with Gasteiger partial charge in [0.05, 0.1) is 27.9 Å². The Labute approximate surface area is 235 Å². The van der Waals surface area contributed by atoms with Gasteiger partial charge >= 0.3 is 18.5 Å². The van der Waals surface area contributed by atoms with E-state index in [0.29, 0.717) is 35.5 Å². The lowest BCUT2D eigenvalue weighted by atomic mass is 9.89. The van der Waals surface area contributed by atoms with E-state index in [-0.39, 0.29) is 11.1 Å². The average Bonchev–Trinajstić information content (AvgIpc) is 3.31. The molecule has 1 unspecified atom stereocenters. The van der Waals surface area contributed by atoms with Crippen molar-refractivity contribution >= 4 is 21.2 Å². The number of nitrogens with zero attached hydrogens (tertiary/aromatic N) is 2. The summed E-state index contributed by atoms with van der Waals surface area (Å²) in [7, 11) is -4.03. The molecule has 0 fully saturated rings. The number of hydrogen-bond donors (Lipinski definition) is 1. The smallest absolute Gasteiger partial charge is 0.369 e. The van der Waals surface area contributed by atoms with Gasteiger partial charge in [0.1, 0.15) is 5.82 Å². The molecule has 3 aromatic carbocycles.